The molecular weight excluding hydrogens is 374 g/mol. The van der Waals surface area contributed by atoms with Gasteiger partial charge in [0.15, 0.2) is 0 Å². The molecule has 0 aromatic heterocycles. The molecule has 0 aromatic carbocycles. The van der Waals surface area contributed by atoms with Crippen LogP contribution in [-0.2, 0) is 24.0 Å². The molecule has 0 saturated heterocycles. The van der Waals surface area contributed by atoms with Gasteiger partial charge in [0.1, 0.15) is 18.1 Å². The number of carbonyl (C=O) groups is 5. The van der Waals surface area contributed by atoms with E-state index in [4.69, 9.17) is 11.5 Å². The number of aliphatic hydroxyl groups excluding tert-OH is 1. The lowest BCUT2D eigenvalue weighted by Crippen LogP contribution is -2.58. The highest BCUT2D eigenvalue weighted by Crippen LogP contribution is 2.05. The molecule has 4 atom stereocenters. The minimum Gasteiger partial charge on any atom is -0.480 e. The molecular formula is C16H29N5O7. The molecule has 0 rings (SSSR count). The molecule has 4 unspecified atom stereocenters. The summed E-state index contributed by atoms with van der Waals surface area (Å²) in [6, 6.07) is -4.84. The van der Waals surface area contributed by atoms with Crippen LogP contribution in [0.1, 0.15) is 33.6 Å². The van der Waals surface area contributed by atoms with Gasteiger partial charge in [-0.2, -0.15) is 0 Å². The molecule has 0 saturated carbocycles. The molecule has 0 aliphatic carbocycles. The van der Waals surface area contributed by atoms with E-state index in [2.05, 4.69) is 16.0 Å². The number of carboxylic acids is 1. The Bertz CT molecular complexity index is 594. The molecule has 0 aliphatic rings. The summed E-state index contributed by atoms with van der Waals surface area (Å²) in [6.45, 7) is 3.78. The Kier molecular flexibility index (Phi) is 10.7. The summed E-state index contributed by atoms with van der Waals surface area (Å²) in [5.74, 6) is -4.87. The number of nitrogens with one attached hydrogen (secondary N) is 3. The lowest BCUT2D eigenvalue weighted by molar-refractivity contribution is -0.143. The number of aliphatic hydroxyl groups is 1. The molecule has 0 aromatic rings. The van der Waals surface area contributed by atoms with E-state index in [-0.39, 0.29) is 12.8 Å². The minimum absolute atomic E-state index is 0.198. The van der Waals surface area contributed by atoms with Crippen LogP contribution < -0.4 is 27.4 Å². The number of carboxylic acid groups (broad SMARTS) is 1. The topological polar surface area (TPSA) is 214 Å². The summed E-state index contributed by atoms with van der Waals surface area (Å²) in [5.41, 5.74) is 10.5. The second kappa shape index (κ2) is 11.9. The lowest BCUT2D eigenvalue weighted by atomic mass is 10.0. The minimum atomic E-state index is -1.39. The van der Waals surface area contributed by atoms with Crippen molar-refractivity contribution >= 4 is 29.6 Å². The van der Waals surface area contributed by atoms with Crippen LogP contribution >= 0.6 is 0 Å². The van der Waals surface area contributed by atoms with Crippen molar-refractivity contribution < 1.29 is 34.2 Å². The maximum Gasteiger partial charge on any atom is 0.326 e. The molecule has 0 bridgehead atoms. The first-order chi connectivity index (χ1) is 12.9. The normalized spacial score (nSPS) is 15.1. The van der Waals surface area contributed by atoms with E-state index >= 15 is 0 Å². The van der Waals surface area contributed by atoms with Gasteiger partial charge < -0.3 is 37.6 Å². The largest absolute Gasteiger partial charge is 0.480 e. The Morgan fingerprint density at radius 1 is 0.893 bits per heavy atom. The molecule has 12 nitrogen and oxygen atoms in total. The van der Waals surface area contributed by atoms with Crippen molar-refractivity contribution in [3.05, 3.63) is 0 Å². The highest BCUT2D eigenvalue weighted by molar-refractivity contribution is 5.94. The molecule has 12 heteroatoms. The summed E-state index contributed by atoms with van der Waals surface area (Å²) in [5, 5.41) is 25.3. The van der Waals surface area contributed by atoms with Crippen LogP contribution in [0.4, 0.5) is 0 Å². The summed E-state index contributed by atoms with van der Waals surface area (Å²) >= 11 is 0. The quantitative estimate of drug-likeness (QED) is 0.175. The number of nitrogens with two attached hydrogens (primary N) is 2. The van der Waals surface area contributed by atoms with Crippen molar-refractivity contribution in [1.82, 2.24) is 16.0 Å². The summed E-state index contributed by atoms with van der Waals surface area (Å²) < 4.78 is 0. The predicted molar refractivity (Wildman–Crippen MR) is 97.4 cm³/mol. The molecule has 0 heterocycles. The van der Waals surface area contributed by atoms with Crippen molar-refractivity contribution in [2.45, 2.75) is 57.8 Å². The second-order valence-corrected chi connectivity index (χ2v) is 6.67. The Balaban J connectivity index is 5.29. The van der Waals surface area contributed by atoms with Crippen molar-refractivity contribution in [2.24, 2.45) is 17.4 Å². The van der Waals surface area contributed by atoms with Gasteiger partial charge >= 0.3 is 5.97 Å². The number of amides is 4. The zero-order valence-corrected chi connectivity index (χ0v) is 16.1. The fourth-order valence-corrected chi connectivity index (χ4v) is 2.09. The van der Waals surface area contributed by atoms with E-state index in [0.717, 1.165) is 0 Å². The third-order valence-corrected chi connectivity index (χ3v) is 3.77. The number of hydrogen-bond donors (Lipinski definition) is 7. The highest BCUT2D eigenvalue weighted by atomic mass is 16.4. The van der Waals surface area contributed by atoms with E-state index in [9.17, 15) is 34.2 Å². The van der Waals surface area contributed by atoms with Crippen LogP contribution in [0.25, 0.3) is 0 Å². The fraction of sp³-hybridized carbons (Fsp3) is 0.688. The molecule has 0 radical (unpaired) electrons. The number of rotatable bonds is 12. The Labute approximate surface area is 162 Å². The van der Waals surface area contributed by atoms with E-state index in [1.807, 2.05) is 0 Å². The van der Waals surface area contributed by atoms with Gasteiger partial charge in [0.05, 0.1) is 12.6 Å². The van der Waals surface area contributed by atoms with Gasteiger partial charge in [-0.05, 0) is 19.3 Å². The van der Waals surface area contributed by atoms with Gasteiger partial charge in [0.25, 0.3) is 0 Å². The zero-order chi connectivity index (χ0) is 22.0. The molecule has 0 aliphatic heterocycles. The smallest absolute Gasteiger partial charge is 0.326 e. The van der Waals surface area contributed by atoms with Crippen molar-refractivity contribution in [3.8, 4) is 0 Å². The molecule has 28 heavy (non-hydrogen) atoms. The third-order valence-electron chi connectivity index (χ3n) is 3.77. The number of hydrogen-bond acceptors (Lipinski definition) is 7. The SMILES string of the molecule is CC(N)C(=O)NC(CO)C(=O)NC(CCC(N)=O)C(=O)NC(C(=O)O)C(C)C. The third kappa shape index (κ3) is 8.77. The van der Waals surface area contributed by atoms with E-state index < -0.39 is 66.3 Å². The first-order valence-electron chi connectivity index (χ1n) is 8.69. The maximum absolute atomic E-state index is 12.4. The standard InChI is InChI=1S/C16H29N5O7/c1-7(2)12(16(27)28)21-14(25)9(4-5-11(18)23)19-15(26)10(6-22)20-13(24)8(3)17/h7-10,12,22H,4-6,17H2,1-3H3,(H2,18,23)(H,19,26)(H,20,24)(H,21,25)(H,27,28). The summed E-state index contributed by atoms with van der Waals surface area (Å²) in [7, 11) is 0. The van der Waals surface area contributed by atoms with Gasteiger partial charge in [-0.25, -0.2) is 4.79 Å². The average molecular weight is 403 g/mol. The molecule has 0 fully saturated rings. The summed E-state index contributed by atoms with van der Waals surface area (Å²) in [4.78, 5) is 58.7. The van der Waals surface area contributed by atoms with Crippen LogP contribution in [0.5, 0.6) is 0 Å². The van der Waals surface area contributed by atoms with Crippen LogP contribution in [0.2, 0.25) is 0 Å². The fourth-order valence-electron chi connectivity index (χ4n) is 2.09. The Morgan fingerprint density at radius 3 is 1.79 bits per heavy atom. The maximum atomic E-state index is 12.4. The lowest BCUT2D eigenvalue weighted by Gasteiger charge is -2.25. The Hall–Kier alpha value is -2.73. The Morgan fingerprint density at radius 2 is 1.39 bits per heavy atom. The average Bonchev–Trinajstić information content (AvgIpc) is 2.59. The van der Waals surface area contributed by atoms with E-state index in [1.54, 1.807) is 13.8 Å². The van der Waals surface area contributed by atoms with Gasteiger partial charge in [-0.15, -0.1) is 0 Å². The first-order valence-corrected chi connectivity index (χ1v) is 8.69. The number of carbonyl (C=O) groups excluding carboxylic acids is 4. The van der Waals surface area contributed by atoms with E-state index in [0.29, 0.717) is 0 Å². The summed E-state index contributed by atoms with van der Waals surface area (Å²) in [6.07, 6.45) is -0.454. The second-order valence-electron chi connectivity index (χ2n) is 6.67. The van der Waals surface area contributed by atoms with Crippen molar-refractivity contribution in [1.29, 1.82) is 0 Å². The molecule has 160 valence electrons. The van der Waals surface area contributed by atoms with Crippen LogP contribution in [-0.4, -0.2) is 70.6 Å². The monoisotopic (exact) mass is 403 g/mol. The number of primary amides is 1. The molecule has 0 spiro atoms. The van der Waals surface area contributed by atoms with Crippen molar-refractivity contribution in [3.63, 3.8) is 0 Å². The van der Waals surface area contributed by atoms with Gasteiger partial charge in [-0.3, -0.25) is 19.2 Å². The van der Waals surface area contributed by atoms with Gasteiger partial charge in [0.2, 0.25) is 23.6 Å². The highest BCUT2D eigenvalue weighted by Gasteiger charge is 2.30. The molecule has 4 amide bonds. The van der Waals surface area contributed by atoms with Crippen LogP contribution in [0, 0.1) is 5.92 Å². The van der Waals surface area contributed by atoms with E-state index in [1.165, 1.54) is 6.92 Å². The molecule has 9 N–H and O–H groups in total. The van der Waals surface area contributed by atoms with Crippen LogP contribution in [0.15, 0.2) is 0 Å². The van der Waals surface area contributed by atoms with Gasteiger partial charge in [-0.1, -0.05) is 13.8 Å². The first kappa shape index (κ1) is 25.3. The number of aliphatic carboxylic acids is 1. The van der Waals surface area contributed by atoms with Crippen molar-refractivity contribution in [2.75, 3.05) is 6.61 Å². The van der Waals surface area contributed by atoms with Gasteiger partial charge in [0, 0.05) is 6.42 Å². The predicted octanol–water partition coefficient (Wildman–Crippen LogP) is -3.21. The zero-order valence-electron chi connectivity index (χ0n) is 16.1. The van der Waals surface area contributed by atoms with Crippen LogP contribution in [0.3, 0.4) is 0 Å².